The summed E-state index contributed by atoms with van der Waals surface area (Å²) in [6.07, 6.45) is 2.50. The van der Waals surface area contributed by atoms with E-state index in [1.54, 1.807) is 24.3 Å². The van der Waals surface area contributed by atoms with Crippen LogP contribution in [0, 0.1) is 5.82 Å². The normalized spacial score (nSPS) is 10.1. The average molecular weight is 284 g/mol. The molecule has 0 N–H and O–H groups in total. The van der Waals surface area contributed by atoms with E-state index < -0.39 is 0 Å². The van der Waals surface area contributed by atoms with Crippen LogP contribution in [-0.2, 0) is 17.6 Å². The standard InChI is InChI=1S/C18H17FO2/c1-2-7-14-8-4-6-11-18(14)21-13-16(20)12-15-9-3-5-10-17(15)19/h2-6,8-11H,1,7,12-13H2. The van der Waals surface area contributed by atoms with Crippen LogP contribution >= 0.6 is 0 Å². The van der Waals surface area contributed by atoms with Crippen molar-refractivity contribution in [3.63, 3.8) is 0 Å². The van der Waals surface area contributed by atoms with Gasteiger partial charge in [0.25, 0.3) is 0 Å². The number of allylic oxidation sites excluding steroid dienone is 1. The van der Waals surface area contributed by atoms with Crippen LogP contribution in [0.3, 0.4) is 0 Å². The summed E-state index contributed by atoms with van der Waals surface area (Å²) in [5, 5.41) is 0. The summed E-state index contributed by atoms with van der Waals surface area (Å²) in [4.78, 5) is 11.9. The van der Waals surface area contributed by atoms with Crippen molar-refractivity contribution in [3.8, 4) is 5.75 Å². The van der Waals surface area contributed by atoms with E-state index in [0.29, 0.717) is 17.7 Å². The lowest BCUT2D eigenvalue weighted by Crippen LogP contribution is -2.15. The average Bonchev–Trinajstić information content (AvgIpc) is 2.49. The topological polar surface area (TPSA) is 26.3 Å². The van der Waals surface area contributed by atoms with Gasteiger partial charge in [-0.1, -0.05) is 42.5 Å². The SMILES string of the molecule is C=CCc1ccccc1OCC(=O)Cc1ccccc1F. The Morgan fingerprint density at radius 1 is 1.10 bits per heavy atom. The Balaban J connectivity index is 1.95. The Labute approximate surface area is 123 Å². The van der Waals surface area contributed by atoms with E-state index in [2.05, 4.69) is 6.58 Å². The van der Waals surface area contributed by atoms with Gasteiger partial charge in [0.2, 0.25) is 0 Å². The minimum atomic E-state index is -0.363. The van der Waals surface area contributed by atoms with E-state index in [9.17, 15) is 9.18 Å². The van der Waals surface area contributed by atoms with Crippen LogP contribution < -0.4 is 4.74 Å². The highest BCUT2D eigenvalue weighted by molar-refractivity contribution is 5.82. The first-order chi connectivity index (χ1) is 10.2. The lowest BCUT2D eigenvalue weighted by molar-refractivity contribution is -0.120. The summed E-state index contributed by atoms with van der Waals surface area (Å²) in [6.45, 7) is 3.63. The molecule has 2 rings (SSSR count). The number of ketones is 1. The summed E-state index contributed by atoms with van der Waals surface area (Å²) < 4.78 is 19.0. The quantitative estimate of drug-likeness (QED) is 0.724. The van der Waals surface area contributed by atoms with Crippen molar-refractivity contribution >= 4 is 5.78 Å². The summed E-state index contributed by atoms with van der Waals surface area (Å²) in [7, 11) is 0. The van der Waals surface area contributed by atoms with Gasteiger partial charge >= 0.3 is 0 Å². The first-order valence-electron chi connectivity index (χ1n) is 6.77. The van der Waals surface area contributed by atoms with Crippen LogP contribution in [0.25, 0.3) is 0 Å². The molecule has 0 heterocycles. The third-order valence-corrected chi connectivity index (χ3v) is 3.07. The van der Waals surface area contributed by atoms with Gasteiger partial charge in [-0.05, 0) is 29.7 Å². The van der Waals surface area contributed by atoms with Crippen molar-refractivity contribution in [1.29, 1.82) is 0 Å². The largest absolute Gasteiger partial charge is 0.486 e. The van der Waals surface area contributed by atoms with Gasteiger partial charge in [0, 0.05) is 6.42 Å². The molecule has 0 aliphatic carbocycles. The fraction of sp³-hybridized carbons (Fsp3) is 0.167. The van der Waals surface area contributed by atoms with Crippen molar-refractivity contribution < 1.29 is 13.9 Å². The number of rotatable bonds is 7. The fourth-order valence-electron chi connectivity index (χ4n) is 2.03. The predicted octanol–water partition coefficient (Wildman–Crippen LogP) is 3.74. The molecule has 0 aliphatic rings. The highest BCUT2D eigenvalue weighted by Crippen LogP contribution is 2.19. The van der Waals surface area contributed by atoms with E-state index in [1.165, 1.54) is 6.07 Å². The summed E-state index contributed by atoms with van der Waals surface area (Å²) in [5.74, 6) is 0.144. The molecule has 3 heteroatoms. The molecule has 0 fully saturated rings. The lowest BCUT2D eigenvalue weighted by Gasteiger charge is -2.10. The second kappa shape index (κ2) is 7.39. The second-order valence-corrected chi connectivity index (χ2v) is 4.70. The van der Waals surface area contributed by atoms with Gasteiger partial charge in [-0.15, -0.1) is 6.58 Å². The Hall–Kier alpha value is -2.42. The molecule has 0 bridgehead atoms. The molecule has 108 valence electrons. The van der Waals surface area contributed by atoms with E-state index >= 15 is 0 Å². The zero-order valence-electron chi connectivity index (χ0n) is 11.7. The van der Waals surface area contributed by atoms with Gasteiger partial charge in [-0.3, -0.25) is 4.79 Å². The van der Waals surface area contributed by atoms with E-state index in [1.807, 2.05) is 24.3 Å². The Morgan fingerprint density at radius 2 is 1.76 bits per heavy atom. The summed E-state index contributed by atoms with van der Waals surface area (Å²) in [5.41, 5.74) is 1.37. The van der Waals surface area contributed by atoms with Crippen molar-refractivity contribution in [2.24, 2.45) is 0 Å². The van der Waals surface area contributed by atoms with Crippen LogP contribution in [0.1, 0.15) is 11.1 Å². The first kappa shape index (κ1) is 15.0. The number of ether oxygens (including phenoxy) is 1. The van der Waals surface area contributed by atoms with Gasteiger partial charge < -0.3 is 4.74 Å². The van der Waals surface area contributed by atoms with E-state index in [0.717, 1.165) is 5.56 Å². The predicted molar refractivity (Wildman–Crippen MR) is 80.9 cm³/mol. The zero-order chi connectivity index (χ0) is 15.1. The Morgan fingerprint density at radius 3 is 2.48 bits per heavy atom. The number of carbonyl (C=O) groups excluding carboxylic acids is 1. The third kappa shape index (κ3) is 4.28. The van der Waals surface area contributed by atoms with Crippen LogP contribution in [0.15, 0.2) is 61.2 Å². The number of benzene rings is 2. The fourth-order valence-corrected chi connectivity index (χ4v) is 2.03. The van der Waals surface area contributed by atoms with Gasteiger partial charge in [0.05, 0.1) is 0 Å². The maximum atomic E-state index is 13.5. The van der Waals surface area contributed by atoms with Gasteiger partial charge in [0.1, 0.15) is 18.2 Å². The molecule has 0 aromatic heterocycles. The van der Waals surface area contributed by atoms with Crippen LogP contribution in [0.4, 0.5) is 4.39 Å². The van der Waals surface area contributed by atoms with Crippen molar-refractivity contribution in [2.75, 3.05) is 6.61 Å². The zero-order valence-corrected chi connectivity index (χ0v) is 11.7. The molecule has 0 spiro atoms. The van der Waals surface area contributed by atoms with Crippen molar-refractivity contribution in [1.82, 2.24) is 0 Å². The molecule has 0 saturated carbocycles. The number of para-hydroxylation sites is 1. The molecule has 2 aromatic carbocycles. The molecule has 2 aromatic rings. The van der Waals surface area contributed by atoms with Crippen LogP contribution in [0.2, 0.25) is 0 Å². The van der Waals surface area contributed by atoms with Crippen LogP contribution in [-0.4, -0.2) is 12.4 Å². The second-order valence-electron chi connectivity index (χ2n) is 4.70. The number of hydrogen-bond donors (Lipinski definition) is 0. The Bertz CT molecular complexity index is 635. The maximum absolute atomic E-state index is 13.5. The number of hydrogen-bond acceptors (Lipinski definition) is 2. The molecule has 0 atom stereocenters. The minimum absolute atomic E-state index is 0.0380. The minimum Gasteiger partial charge on any atom is -0.486 e. The number of halogens is 1. The Kier molecular flexibility index (Phi) is 5.27. The lowest BCUT2D eigenvalue weighted by atomic mass is 10.1. The summed E-state index contributed by atoms with van der Waals surface area (Å²) >= 11 is 0. The number of Topliss-reactive ketones (excluding diaryl/α,β-unsaturated/α-hetero) is 1. The molecule has 0 radical (unpaired) electrons. The molecular weight excluding hydrogens is 267 g/mol. The number of carbonyl (C=O) groups is 1. The van der Waals surface area contributed by atoms with Gasteiger partial charge in [0.15, 0.2) is 5.78 Å². The highest BCUT2D eigenvalue weighted by atomic mass is 19.1. The molecule has 0 amide bonds. The van der Waals surface area contributed by atoms with Gasteiger partial charge in [-0.2, -0.15) is 0 Å². The smallest absolute Gasteiger partial charge is 0.174 e. The molecular formula is C18H17FO2. The maximum Gasteiger partial charge on any atom is 0.174 e. The third-order valence-electron chi connectivity index (χ3n) is 3.07. The first-order valence-corrected chi connectivity index (χ1v) is 6.77. The molecule has 0 unspecified atom stereocenters. The van der Waals surface area contributed by atoms with E-state index in [-0.39, 0.29) is 24.6 Å². The van der Waals surface area contributed by atoms with E-state index in [4.69, 9.17) is 4.74 Å². The highest BCUT2D eigenvalue weighted by Gasteiger charge is 2.09. The van der Waals surface area contributed by atoms with Crippen molar-refractivity contribution in [3.05, 3.63) is 78.1 Å². The van der Waals surface area contributed by atoms with Crippen LogP contribution in [0.5, 0.6) is 5.75 Å². The monoisotopic (exact) mass is 284 g/mol. The van der Waals surface area contributed by atoms with Gasteiger partial charge in [-0.25, -0.2) is 4.39 Å². The molecule has 2 nitrogen and oxygen atoms in total. The molecule has 21 heavy (non-hydrogen) atoms. The molecule has 0 aliphatic heterocycles. The molecule has 0 saturated heterocycles. The van der Waals surface area contributed by atoms with Crippen molar-refractivity contribution in [2.45, 2.75) is 12.8 Å². The summed E-state index contributed by atoms with van der Waals surface area (Å²) in [6, 6.07) is 13.8.